The summed E-state index contributed by atoms with van der Waals surface area (Å²) in [5, 5.41) is 9.08. The number of rotatable bonds is 4. The van der Waals surface area contributed by atoms with Crippen LogP contribution in [-0.2, 0) is 6.54 Å². The lowest BCUT2D eigenvalue weighted by Gasteiger charge is -2.25. The van der Waals surface area contributed by atoms with Crippen LogP contribution >= 0.6 is 0 Å². The van der Waals surface area contributed by atoms with Crippen LogP contribution in [0.1, 0.15) is 36.1 Å². The third kappa shape index (κ3) is 3.85. The van der Waals surface area contributed by atoms with E-state index in [1.807, 2.05) is 13.8 Å². The molecular weight excluding hydrogens is 220 g/mol. The summed E-state index contributed by atoms with van der Waals surface area (Å²) in [6.07, 6.45) is 0. The molecule has 0 aliphatic heterocycles. The Labute approximate surface area is 111 Å². The molecule has 0 radical (unpaired) electrons. The average molecular weight is 244 g/mol. The third-order valence-electron chi connectivity index (χ3n) is 3.24. The first-order valence-corrected chi connectivity index (χ1v) is 6.42. The van der Waals surface area contributed by atoms with Gasteiger partial charge in [0.2, 0.25) is 0 Å². The van der Waals surface area contributed by atoms with Gasteiger partial charge in [0.25, 0.3) is 0 Å². The lowest BCUT2D eigenvalue weighted by Crippen LogP contribution is -2.30. The molecule has 0 bridgehead atoms. The van der Waals surface area contributed by atoms with E-state index < -0.39 is 0 Å². The van der Waals surface area contributed by atoms with Crippen molar-refractivity contribution in [2.75, 3.05) is 13.6 Å². The predicted octanol–water partition coefficient (Wildman–Crippen LogP) is 3.59. The van der Waals surface area contributed by atoms with Crippen molar-refractivity contribution >= 4 is 0 Å². The molecule has 18 heavy (non-hydrogen) atoms. The molecule has 0 atom stereocenters. The van der Waals surface area contributed by atoms with E-state index in [0.717, 1.165) is 13.1 Å². The van der Waals surface area contributed by atoms with Crippen molar-refractivity contribution in [1.29, 1.82) is 5.26 Å². The molecule has 0 unspecified atom stereocenters. The molecule has 0 N–H and O–H groups in total. The van der Waals surface area contributed by atoms with Crippen LogP contribution in [0.15, 0.2) is 12.1 Å². The lowest BCUT2D eigenvalue weighted by molar-refractivity contribution is 0.248. The zero-order chi connectivity index (χ0) is 13.9. The summed E-state index contributed by atoms with van der Waals surface area (Å²) >= 11 is 0. The van der Waals surface area contributed by atoms with Crippen molar-refractivity contribution < 1.29 is 0 Å². The van der Waals surface area contributed by atoms with Gasteiger partial charge < -0.3 is 4.90 Å². The third-order valence-corrected chi connectivity index (χ3v) is 3.24. The number of nitriles is 1. The average Bonchev–Trinajstić information content (AvgIpc) is 2.22. The van der Waals surface area contributed by atoms with E-state index in [-0.39, 0.29) is 5.41 Å². The van der Waals surface area contributed by atoms with Crippen LogP contribution < -0.4 is 0 Å². The van der Waals surface area contributed by atoms with Crippen molar-refractivity contribution in [3.05, 3.63) is 34.4 Å². The molecule has 1 rings (SSSR count). The number of hydrogen-bond acceptors (Lipinski definition) is 2. The van der Waals surface area contributed by atoms with Gasteiger partial charge in [-0.3, -0.25) is 0 Å². The largest absolute Gasteiger partial charge is 0.301 e. The highest BCUT2D eigenvalue weighted by atomic mass is 15.1. The van der Waals surface area contributed by atoms with E-state index in [1.165, 1.54) is 22.3 Å². The molecule has 0 aliphatic carbocycles. The molecule has 2 nitrogen and oxygen atoms in total. The summed E-state index contributed by atoms with van der Waals surface area (Å²) in [5.41, 5.74) is 5.09. The van der Waals surface area contributed by atoms with Crippen molar-refractivity contribution in [3.63, 3.8) is 0 Å². The molecule has 98 valence electrons. The fourth-order valence-corrected chi connectivity index (χ4v) is 2.50. The number of aryl methyl sites for hydroxylation is 3. The number of hydrogen-bond donors (Lipinski definition) is 0. The summed E-state index contributed by atoms with van der Waals surface area (Å²) in [4.78, 5) is 2.23. The van der Waals surface area contributed by atoms with E-state index in [9.17, 15) is 0 Å². The molecule has 0 aliphatic rings. The zero-order valence-electron chi connectivity index (χ0n) is 12.5. The van der Waals surface area contributed by atoms with Gasteiger partial charge in [0.1, 0.15) is 0 Å². The van der Waals surface area contributed by atoms with Crippen molar-refractivity contribution in [1.82, 2.24) is 4.90 Å². The summed E-state index contributed by atoms with van der Waals surface area (Å²) < 4.78 is 0. The SMILES string of the molecule is Cc1cc(C)c(CN(C)CC(C)(C)C#N)c(C)c1. The summed E-state index contributed by atoms with van der Waals surface area (Å²) in [6.45, 7) is 12.1. The second-order valence-corrected chi connectivity index (χ2v) is 6.05. The molecule has 0 saturated carbocycles. The van der Waals surface area contributed by atoms with Gasteiger partial charge in [-0.15, -0.1) is 0 Å². The van der Waals surface area contributed by atoms with E-state index in [1.54, 1.807) is 0 Å². The fraction of sp³-hybridized carbons (Fsp3) is 0.562. The molecule has 1 aromatic rings. The Balaban J connectivity index is 2.83. The molecule has 0 spiro atoms. The normalized spacial score (nSPS) is 11.7. The van der Waals surface area contributed by atoms with Gasteiger partial charge in [-0.1, -0.05) is 17.7 Å². The molecular formula is C16H24N2. The van der Waals surface area contributed by atoms with Gasteiger partial charge in [-0.25, -0.2) is 0 Å². The fourth-order valence-electron chi connectivity index (χ4n) is 2.50. The van der Waals surface area contributed by atoms with Gasteiger partial charge in [0.15, 0.2) is 0 Å². The Morgan fingerprint density at radius 2 is 1.67 bits per heavy atom. The van der Waals surface area contributed by atoms with Gasteiger partial charge in [-0.05, 0) is 58.4 Å². The summed E-state index contributed by atoms with van der Waals surface area (Å²) in [5.74, 6) is 0. The first-order chi connectivity index (χ1) is 8.25. The molecule has 0 fully saturated rings. The Bertz CT molecular complexity index is 443. The van der Waals surface area contributed by atoms with Crippen LogP contribution in [0, 0.1) is 37.5 Å². The second kappa shape index (κ2) is 5.54. The Hall–Kier alpha value is -1.33. The highest BCUT2D eigenvalue weighted by molar-refractivity contribution is 5.37. The van der Waals surface area contributed by atoms with Crippen molar-refractivity contribution in [2.24, 2.45) is 5.41 Å². The molecule has 0 heterocycles. The number of benzene rings is 1. The van der Waals surface area contributed by atoms with Crippen LogP contribution in [0.2, 0.25) is 0 Å². The van der Waals surface area contributed by atoms with E-state index in [2.05, 4.69) is 50.9 Å². The maximum Gasteiger partial charge on any atom is 0.0697 e. The van der Waals surface area contributed by atoms with E-state index >= 15 is 0 Å². The van der Waals surface area contributed by atoms with Crippen molar-refractivity contribution in [3.8, 4) is 6.07 Å². The maximum absolute atomic E-state index is 9.08. The summed E-state index contributed by atoms with van der Waals surface area (Å²) in [7, 11) is 2.08. The van der Waals surface area contributed by atoms with Crippen LogP contribution in [0.4, 0.5) is 0 Å². The second-order valence-electron chi connectivity index (χ2n) is 6.05. The minimum atomic E-state index is -0.290. The first kappa shape index (κ1) is 14.7. The van der Waals surface area contributed by atoms with Crippen LogP contribution in [0.3, 0.4) is 0 Å². The monoisotopic (exact) mass is 244 g/mol. The zero-order valence-corrected chi connectivity index (χ0v) is 12.5. The van der Waals surface area contributed by atoms with Crippen LogP contribution in [-0.4, -0.2) is 18.5 Å². The van der Waals surface area contributed by atoms with Gasteiger partial charge >= 0.3 is 0 Å². The predicted molar refractivity (Wildman–Crippen MR) is 76.4 cm³/mol. The lowest BCUT2D eigenvalue weighted by atomic mass is 9.94. The Kier molecular flexibility index (Phi) is 4.53. The summed E-state index contributed by atoms with van der Waals surface area (Å²) in [6, 6.07) is 6.81. The molecule has 2 heteroatoms. The molecule has 1 aromatic carbocycles. The van der Waals surface area contributed by atoms with Gasteiger partial charge in [-0.2, -0.15) is 5.26 Å². The standard InChI is InChI=1S/C16H24N2/c1-12-7-13(2)15(14(3)8-12)9-18(6)11-16(4,5)10-17/h7-8H,9,11H2,1-6H3. The van der Waals surface area contributed by atoms with E-state index in [4.69, 9.17) is 5.26 Å². The molecule has 0 amide bonds. The highest BCUT2D eigenvalue weighted by Gasteiger charge is 2.19. The number of nitrogens with zero attached hydrogens (tertiary/aromatic N) is 2. The molecule has 0 saturated heterocycles. The first-order valence-electron chi connectivity index (χ1n) is 6.42. The van der Waals surface area contributed by atoms with E-state index in [0.29, 0.717) is 0 Å². The Morgan fingerprint density at radius 3 is 2.11 bits per heavy atom. The quantitative estimate of drug-likeness (QED) is 0.809. The van der Waals surface area contributed by atoms with Crippen molar-refractivity contribution in [2.45, 2.75) is 41.2 Å². The molecule has 0 aromatic heterocycles. The van der Waals surface area contributed by atoms with Crippen LogP contribution in [0.5, 0.6) is 0 Å². The van der Waals surface area contributed by atoms with Crippen LogP contribution in [0.25, 0.3) is 0 Å². The Morgan fingerprint density at radius 1 is 1.17 bits per heavy atom. The van der Waals surface area contributed by atoms with Gasteiger partial charge in [0.05, 0.1) is 11.5 Å². The minimum absolute atomic E-state index is 0.290. The smallest absolute Gasteiger partial charge is 0.0697 e. The highest BCUT2D eigenvalue weighted by Crippen LogP contribution is 2.20. The van der Waals surface area contributed by atoms with Gasteiger partial charge in [0, 0.05) is 13.1 Å². The maximum atomic E-state index is 9.08. The topological polar surface area (TPSA) is 27.0 Å². The minimum Gasteiger partial charge on any atom is -0.301 e.